The molecule has 2 aromatic carbocycles. The lowest BCUT2D eigenvalue weighted by molar-refractivity contribution is -0.274. The van der Waals surface area contributed by atoms with E-state index < -0.39 is 6.36 Å². The number of anilines is 2. The van der Waals surface area contributed by atoms with Crippen LogP contribution in [0.15, 0.2) is 54.8 Å². The van der Waals surface area contributed by atoms with E-state index in [4.69, 9.17) is 0 Å². The van der Waals surface area contributed by atoms with Crippen LogP contribution in [0.4, 0.5) is 24.5 Å². The third-order valence-corrected chi connectivity index (χ3v) is 5.41. The topological polar surface area (TPSA) is 73.8 Å². The molecule has 190 valence electrons. The van der Waals surface area contributed by atoms with Crippen LogP contribution < -0.4 is 20.3 Å². The molecule has 0 unspecified atom stereocenters. The Morgan fingerprint density at radius 2 is 1.91 bits per heavy atom. The van der Waals surface area contributed by atoms with E-state index in [2.05, 4.69) is 28.9 Å². The predicted molar refractivity (Wildman–Crippen MR) is 133 cm³/mol. The summed E-state index contributed by atoms with van der Waals surface area (Å²) in [6, 6.07) is 7.54. The van der Waals surface area contributed by atoms with Gasteiger partial charge in [-0.2, -0.15) is 0 Å². The molecule has 0 saturated carbocycles. The molecule has 0 aromatic heterocycles. The summed E-state index contributed by atoms with van der Waals surface area (Å²) in [5.74, 6) is -0.650. The maximum Gasteiger partial charge on any atom is 0.573 e. The van der Waals surface area contributed by atoms with Crippen molar-refractivity contribution in [3.63, 3.8) is 0 Å². The molecule has 0 aliphatic carbocycles. The average molecular weight is 492 g/mol. The number of carbonyl (C=O) groups is 1. The summed E-state index contributed by atoms with van der Waals surface area (Å²) in [7, 11) is 1.90. The van der Waals surface area contributed by atoms with E-state index in [0.29, 0.717) is 12.1 Å². The van der Waals surface area contributed by atoms with Gasteiger partial charge in [-0.25, -0.2) is 0 Å². The number of nitrogens with zero attached hydrogens (tertiary/aromatic N) is 1. The Morgan fingerprint density at radius 1 is 1.26 bits per heavy atom. The van der Waals surface area contributed by atoms with Crippen LogP contribution in [0.2, 0.25) is 0 Å². The van der Waals surface area contributed by atoms with Gasteiger partial charge in [0.05, 0.1) is 18.0 Å². The minimum absolute atomic E-state index is 0.0904. The minimum atomic E-state index is -4.77. The fourth-order valence-electron chi connectivity index (χ4n) is 3.66. The Balaban J connectivity index is 2.70. The Labute approximate surface area is 204 Å². The van der Waals surface area contributed by atoms with Crippen LogP contribution in [0.3, 0.4) is 0 Å². The molecule has 1 amide bonds. The number of allylic oxidation sites excluding steroid dienone is 1. The van der Waals surface area contributed by atoms with E-state index in [1.807, 2.05) is 38.1 Å². The number of halogens is 3. The summed E-state index contributed by atoms with van der Waals surface area (Å²) < 4.78 is 41.7. The number of hydrogen-bond donors (Lipinski definition) is 3. The second kappa shape index (κ2) is 12.3. The van der Waals surface area contributed by atoms with Gasteiger partial charge in [0.2, 0.25) is 5.91 Å². The molecule has 0 saturated heterocycles. The number of amides is 1. The standard InChI is InChI=1S/C26H32F3N3O3/c1-6-17(3)16-32(5)25-18(4)22(19-8-10-21(11-9-19)35-26(27,28)29)14-20(15-31-23(34)7-2)24(25)30-12-13-33/h7-11,14,16,30,33H,2,6,12-13,15H2,1,3-5H3,(H,31,34)/b17-16+. The second-order valence-corrected chi connectivity index (χ2v) is 8.02. The summed E-state index contributed by atoms with van der Waals surface area (Å²) in [6.45, 7) is 9.85. The Bertz CT molecular complexity index is 1060. The highest BCUT2D eigenvalue weighted by Gasteiger charge is 2.31. The zero-order valence-corrected chi connectivity index (χ0v) is 20.4. The number of hydrogen-bond acceptors (Lipinski definition) is 5. The third kappa shape index (κ3) is 7.78. The Hall–Kier alpha value is -3.46. The molecular weight excluding hydrogens is 459 g/mol. The average Bonchev–Trinajstić information content (AvgIpc) is 2.80. The van der Waals surface area contributed by atoms with Crippen LogP contribution in [0.1, 0.15) is 31.4 Å². The number of nitrogens with one attached hydrogen (secondary N) is 2. The highest BCUT2D eigenvalue weighted by molar-refractivity contribution is 5.89. The quantitative estimate of drug-likeness (QED) is 0.361. The molecule has 35 heavy (non-hydrogen) atoms. The van der Waals surface area contributed by atoms with E-state index in [9.17, 15) is 23.1 Å². The molecule has 0 aliphatic rings. The van der Waals surface area contributed by atoms with E-state index >= 15 is 0 Å². The summed E-state index contributed by atoms with van der Waals surface area (Å²) in [5.41, 5.74) is 5.79. The van der Waals surface area contributed by atoms with Gasteiger partial charge in [0.25, 0.3) is 0 Å². The lowest BCUT2D eigenvalue weighted by Crippen LogP contribution is -2.23. The van der Waals surface area contributed by atoms with Gasteiger partial charge in [-0.15, -0.1) is 13.2 Å². The van der Waals surface area contributed by atoms with Crippen molar-refractivity contribution in [1.29, 1.82) is 0 Å². The van der Waals surface area contributed by atoms with E-state index in [1.165, 1.54) is 18.2 Å². The van der Waals surface area contributed by atoms with Crippen molar-refractivity contribution < 1.29 is 27.8 Å². The van der Waals surface area contributed by atoms with Gasteiger partial charge < -0.3 is 25.4 Å². The molecule has 0 radical (unpaired) electrons. The van der Waals surface area contributed by atoms with Crippen molar-refractivity contribution in [3.05, 3.63) is 65.9 Å². The maximum absolute atomic E-state index is 12.6. The Kier molecular flexibility index (Phi) is 9.77. The minimum Gasteiger partial charge on any atom is -0.406 e. The maximum atomic E-state index is 12.6. The van der Waals surface area contributed by atoms with Crippen molar-refractivity contribution in [3.8, 4) is 16.9 Å². The number of alkyl halides is 3. The first kappa shape index (κ1) is 27.8. The van der Waals surface area contributed by atoms with Crippen LogP contribution in [0, 0.1) is 6.92 Å². The van der Waals surface area contributed by atoms with Crippen molar-refractivity contribution in [2.75, 3.05) is 30.4 Å². The summed E-state index contributed by atoms with van der Waals surface area (Å²) in [4.78, 5) is 13.8. The molecule has 0 atom stereocenters. The van der Waals surface area contributed by atoms with Crippen molar-refractivity contribution >= 4 is 17.3 Å². The van der Waals surface area contributed by atoms with Crippen molar-refractivity contribution in [2.24, 2.45) is 0 Å². The fraction of sp³-hybridized carbons (Fsp3) is 0.346. The first-order chi connectivity index (χ1) is 16.5. The number of rotatable bonds is 11. The second-order valence-electron chi connectivity index (χ2n) is 8.02. The van der Waals surface area contributed by atoms with Gasteiger partial charge in [0.15, 0.2) is 0 Å². The van der Waals surface area contributed by atoms with Gasteiger partial charge in [0.1, 0.15) is 5.75 Å². The largest absolute Gasteiger partial charge is 0.573 e. The smallest absolute Gasteiger partial charge is 0.406 e. The van der Waals surface area contributed by atoms with Crippen molar-refractivity contribution in [2.45, 2.75) is 40.1 Å². The molecule has 0 bridgehead atoms. The van der Waals surface area contributed by atoms with Crippen LogP contribution in [-0.2, 0) is 11.3 Å². The van der Waals surface area contributed by atoms with Gasteiger partial charge in [-0.3, -0.25) is 4.79 Å². The summed E-state index contributed by atoms with van der Waals surface area (Å²) in [6.07, 6.45) is -0.739. The normalized spacial score (nSPS) is 11.7. The molecular formula is C26H32F3N3O3. The Morgan fingerprint density at radius 3 is 2.46 bits per heavy atom. The van der Waals surface area contributed by atoms with Crippen LogP contribution in [0.5, 0.6) is 5.75 Å². The molecule has 3 N–H and O–H groups in total. The molecule has 2 rings (SSSR count). The first-order valence-corrected chi connectivity index (χ1v) is 11.2. The third-order valence-electron chi connectivity index (χ3n) is 5.41. The van der Waals surface area contributed by atoms with Gasteiger partial charge in [-0.1, -0.05) is 31.2 Å². The molecule has 0 spiro atoms. The number of carbonyl (C=O) groups excluding carboxylic acids is 1. The highest BCUT2D eigenvalue weighted by Crippen LogP contribution is 2.40. The number of ether oxygens (including phenoxy) is 1. The zero-order chi connectivity index (χ0) is 26.2. The lowest BCUT2D eigenvalue weighted by atomic mass is 9.93. The van der Waals surface area contributed by atoms with E-state index in [0.717, 1.165) is 40.1 Å². The molecule has 2 aromatic rings. The van der Waals surface area contributed by atoms with Gasteiger partial charge in [-0.05, 0) is 66.8 Å². The van der Waals surface area contributed by atoms with E-state index in [1.54, 1.807) is 12.1 Å². The molecule has 0 heterocycles. The molecule has 6 nitrogen and oxygen atoms in total. The summed E-state index contributed by atoms with van der Waals surface area (Å²) >= 11 is 0. The zero-order valence-electron chi connectivity index (χ0n) is 20.4. The molecule has 0 aliphatic heterocycles. The number of aliphatic hydroxyl groups is 1. The predicted octanol–water partition coefficient (Wildman–Crippen LogP) is 5.52. The van der Waals surface area contributed by atoms with Gasteiger partial charge in [0, 0.05) is 26.3 Å². The number of aliphatic hydroxyl groups excluding tert-OH is 1. The monoisotopic (exact) mass is 491 g/mol. The van der Waals surface area contributed by atoms with Gasteiger partial charge >= 0.3 is 6.36 Å². The highest BCUT2D eigenvalue weighted by atomic mass is 19.4. The fourth-order valence-corrected chi connectivity index (χ4v) is 3.66. The SMILES string of the molecule is C=CC(=O)NCc1cc(-c2ccc(OC(F)(F)F)cc2)c(C)c(N(C)/C=C(\C)CC)c1NCCO. The number of benzene rings is 2. The molecule has 0 fully saturated rings. The van der Waals surface area contributed by atoms with Crippen molar-refractivity contribution in [1.82, 2.24) is 5.32 Å². The van der Waals surface area contributed by atoms with Crippen LogP contribution >= 0.6 is 0 Å². The van der Waals surface area contributed by atoms with Crippen LogP contribution in [0.25, 0.3) is 11.1 Å². The first-order valence-electron chi connectivity index (χ1n) is 11.2. The summed E-state index contributed by atoms with van der Waals surface area (Å²) in [5, 5.41) is 15.5. The van der Waals surface area contributed by atoms with Crippen LogP contribution in [-0.4, -0.2) is 37.6 Å². The lowest BCUT2D eigenvalue weighted by Gasteiger charge is -2.27. The van der Waals surface area contributed by atoms with E-state index in [-0.39, 0.29) is 24.8 Å². The molecule has 9 heteroatoms.